The largest absolute Gasteiger partial charge is 0.351 e. The van der Waals surface area contributed by atoms with Gasteiger partial charge in [-0.15, -0.1) is 0 Å². The summed E-state index contributed by atoms with van der Waals surface area (Å²) in [4.78, 5) is 12.9. The highest BCUT2D eigenvalue weighted by Gasteiger charge is 2.32. The van der Waals surface area contributed by atoms with Crippen LogP contribution in [0.3, 0.4) is 0 Å². The van der Waals surface area contributed by atoms with Gasteiger partial charge in [0.2, 0.25) is 0 Å². The van der Waals surface area contributed by atoms with Gasteiger partial charge in [0.05, 0.1) is 11.6 Å². The standard InChI is InChI=1S/C18H14Cl2FN3OS/c1-9-14(17(25)23-11-7-5-10(21)6-8-11)16(24-18(26)22-9)15-12(19)3-2-4-13(15)20/h2-8,16H,1H3,(H,23,25)(H2,22,24,26). The van der Waals surface area contributed by atoms with Crippen LogP contribution >= 0.6 is 35.4 Å². The van der Waals surface area contributed by atoms with Crippen LogP contribution in [0.1, 0.15) is 18.5 Å². The highest BCUT2D eigenvalue weighted by atomic mass is 35.5. The number of nitrogens with one attached hydrogen (secondary N) is 3. The molecule has 1 heterocycles. The van der Waals surface area contributed by atoms with Crippen molar-refractivity contribution in [1.82, 2.24) is 10.6 Å². The zero-order valence-corrected chi connectivity index (χ0v) is 15.9. The van der Waals surface area contributed by atoms with Gasteiger partial charge in [-0.3, -0.25) is 4.79 Å². The third kappa shape index (κ3) is 3.82. The molecule has 0 fully saturated rings. The van der Waals surface area contributed by atoms with Gasteiger partial charge in [-0.25, -0.2) is 4.39 Å². The van der Waals surface area contributed by atoms with E-state index in [0.29, 0.717) is 37.7 Å². The van der Waals surface area contributed by atoms with E-state index in [2.05, 4.69) is 16.0 Å². The number of hydrogen-bond acceptors (Lipinski definition) is 2. The summed E-state index contributed by atoms with van der Waals surface area (Å²) in [7, 11) is 0. The molecule has 2 aromatic rings. The molecule has 0 spiro atoms. The normalized spacial score (nSPS) is 16.8. The Morgan fingerprint density at radius 2 is 1.77 bits per heavy atom. The molecule has 1 amide bonds. The molecule has 0 bridgehead atoms. The Morgan fingerprint density at radius 3 is 2.38 bits per heavy atom. The lowest BCUT2D eigenvalue weighted by Gasteiger charge is -2.31. The Morgan fingerprint density at radius 1 is 1.15 bits per heavy atom. The molecule has 0 saturated carbocycles. The Bertz CT molecular complexity index is 895. The van der Waals surface area contributed by atoms with Crippen molar-refractivity contribution >= 4 is 52.1 Å². The van der Waals surface area contributed by atoms with Crippen molar-refractivity contribution in [3.05, 3.63) is 75.2 Å². The van der Waals surface area contributed by atoms with Crippen LogP contribution < -0.4 is 16.0 Å². The SMILES string of the molecule is CC1=C(C(=O)Nc2ccc(F)cc2)C(c2c(Cl)cccc2Cl)NC(=S)N1. The number of amides is 1. The van der Waals surface area contributed by atoms with E-state index in [1.54, 1.807) is 25.1 Å². The quantitative estimate of drug-likeness (QED) is 0.650. The smallest absolute Gasteiger partial charge is 0.255 e. The number of benzene rings is 2. The molecule has 0 aromatic heterocycles. The van der Waals surface area contributed by atoms with Crippen LogP contribution in [0.4, 0.5) is 10.1 Å². The summed E-state index contributed by atoms with van der Waals surface area (Å²) in [5.74, 6) is -0.761. The Balaban J connectivity index is 2.00. The molecule has 0 saturated heterocycles. The summed E-state index contributed by atoms with van der Waals surface area (Å²) >= 11 is 17.9. The number of anilines is 1. The van der Waals surface area contributed by atoms with Gasteiger partial charge in [0.1, 0.15) is 5.82 Å². The number of hydrogen-bond donors (Lipinski definition) is 3. The molecule has 1 aliphatic rings. The van der Waals surface area contributed by atoms with E-state index in [1.807, 2.05) is 0 Å². The van der Waals surface area contributed by atoms with Crippen molar-refractivity contribution in [3.8, 4) is 0 Å². The van der Waals surface area contributed by atoms with Crippen LogP contribution in [0.2, 0.25) is 10.0 Å². The summed E-state index contributed by atoms with van der Waals surface area (Å²) in [6.45, 7) is 1.74. The molecule has 26 heavy (non-hydrogen) atoms. The van der Waals surface area contributed by atoms with Crippen molar-refractivity contribution < 1.29 is 9.18 Å². The topological polar surface area (TPSA) is 53.2 Å². The van der Waals surface area contributed by atoms with Gasteiger partial charge in [0.25, 0.3) is 5.91 Å². The van der Waals surface area contributed by atoms with Crippen LogP contribution in [0.25, 0.3) is 0 Å². The van der Waals surface area contributed by atoms with Gasteiger partial charge < -0.3 is 16.0 Å². The predicted octanol–water partition coefficient (Wildman–Crippen LogP) is 4.56. The maximum atomic E-state index is 13.1. The second-order valence-corrected chi connectivity index (χ2v) is 6.89. The lowest BCUT2D eigenvalue weighted by Crippen LogP contribution is -2.46. The fourth-order valence-electron chi connectivity index (χ4n) is 2.73. The Kier molecular flexibility index (Phi) is 5.46. The molecule has 3 rings (SSSR count). The fraction of sp³-hybridized carbons (Fsp3) is 0.111. The van der Waals surface area contributed by atoms with Crippen molar-refractivity contribution in [3.63, 3.8) is 0 Å². The minimum absolute atomic E-state index is 0.363. The monoisotopic (exact) mass is 409 g/mol. The molecule has 4 nitrogen and oxygen atoms in total. The highest BCUT2D eigenvalue weighted by molar-refractivity contribution is 7.80. The number of carbonyl (C=O) groups excluding carboxylic acids is 1. The van der Waals surface area contributed by atoms with Gasteiger partial charge in [-0.2, -0.15) is 0 Å². The minimum Gasteiger partial charge on any atom is -0.351 e. The van der Waals surface area contributed by atoms with E-state index in [0.717, 1.165) is 0 Å². The highest BCUT2D eigenvalue weighted by Crippen LogP contribution is 2.36. The lowest BCUT2D eigenvalue weighted by atomic mass is 9.94. The van der Waals surface area contributed by atoms with Crippen LogP contribution in [0.15, 0.2) is 53.7 Å². The van der Waals surface area contributed by atoms with E-state index in [4.69, 9.17) is 35.4 Å². The summed E-state index contributed by atoms with van der Waals surface area (Å²) in [6.07, 6.45) is 0. The van der Waals surface area contributed by atoms with Crippen molar-refractivity contribution in [2.24, 2.45) is 0 Å². The van der Waals surface area contributed by atoms with Gasteiger partial charge in [0.15, 0.2) is 5.11 Å². The van der Waals surface area contributed by atoms with Gasteiger partial charge >= 0.3 is 0 Å². The maximum absolute atomic E-state index is 13.1. The fourth-order valence-corrected chi connectivity index (χ4v) is 3.62. The number of allylic oxidation sites excluding steroid dienone is 1. The second kappa shape index (κ2) is 7.61. The third-order valence-electron chi connectivity index (χ3n) is 3.90. The van der Waals surface area contributed by atoms with E-state index < -0.39 is 6.04 Å². The Labute approximate surface area is 165 Å². The maximum Gasteiger partial charge on any atom is 0.255 e. The molecule has 1 unspecified atom stereocenters. The van der Waals surface area contributed by atoms with E-state index >= 15 is 0 Å². The zero-order chi connectivity index (χ0) is 18.8. The van der Waals surface area contributed by atoms with E-state index in [-0.39, 0.29) is 11.7 Å². The molecular formula is C18H14Cl2FN3OS. The first kappa shape index (κ1) is 18.6. The van der Waals surface area contributed by atoms with Gasteiger partial charge in [-0.05, 0) is 55.5 Å². The first-order chi connectivity index (χ1) is 12.4. The molecule has 0 radical (unpaired) electrons. The molecular weight excluding hydrogens is 396 g/mol. The van der Waals surface area contributed by atoms with Gasteiger partial charge in [-0.1, -0.05) is 29.3 Å². The van der Waals surface area contributed by atoms with Crippen LogP contribution in [-0.2, 0) is 4.79 Å². The van der Waals surface area contributed by atoms with Crippen LogP contribution in [0, 0.1) is 5.82 Å². The van der Waals surface area contributed by atoms with Crippen LogP contribution in [0.5, 0.6) is 0 Å². The summed E-state index contributed by atoms with van der Waals surface area (Å²) in [6, 6.07) is 10.00. The number of thiocarbonyl (C=S) groups is 1. The second-order valence-electron chi connectivity index (χ2n) is 5.67. The first-order valence-electron chi connectivity index (χ1n) is 7.66. The molecule has 134 valence electrons. The molecule has 3 N–H and O–H groups in total. The average Bonchev–Trinajstić information content (AvgIpc) is 2.56. The van der Waals surface area contributed by atoms with Crippen molar-refractivity contribution in [2.75, 3.05) is 5.32 Å². The average molecular weight is 410 g/mol. The molecule has 2 aromatic carbocycles. The minimum atomic E-state index is -0.620. The summed E-state index contributed by atoms with van der Waals surface area (Å²) in [5.41, 5.74) is 1.99. The molecule has 1 atom stereocenters. The third-order valence-corrected chi connectivity index (χ3v) is 4.78. The van der Waals surface area contributed by atoms with E-state index in [9.17, 15) is 9.18 Å². The summed E-state index contributed by atoms with van der Waals surface area (Å²) in [5, 5.41) is 9.93. The van der Waals surface area contributed by atoms with Crippen LogP contribution in [-0.4, -0.2) is 11.0 Å². The molecule has 1 aliphatic heterocycles. The van der Waals surface area contributed by atoms with Gasteiger partial charge in [0, 0.05) is 27.0 Å². The number of halogens is 3. The summed E-state index contributed by atoms with van der Waals surface area (Å²) < 4.78 is 13.1. The first-order valence-corrected chi connectivity index (χ1v) is 8.82. The molecule has 0 aliphatic carbocycles. The van der Waals surface area contributed by atoms with E-state index in [1.165, 1.54) is 24.3 Å². The molecule has 8 heteroatoms. The number of carbonyl (C=O) groups is 1. The Hall–Kier alpha value is -2.15. The van der Waals surface area contributed by atoms with Crippen molar-refractivity contribution in [2.45, 2.75) is 13.0 Å². The zero-order valence-electron chi connectivity index (χ0n) is 13.6. The predicted molar refractivity (Wildman–Crippen MR) is 106 cm³/mol. The van der Waals surface area contributed by atoms with Crippen molar-refractivity contribution in [1.29, 1.82) is 0 Å². The number of rotatable bonds is 3. The lowest BCUT2D eigenvalue weighted by molar-refractivity contribution is -0.113.